The third-order valence-corrected chi connectivity index (χ3v) is 2.28. The highest BCUT2D eigenvalue weighted by molar-refractivity contribution is 9.10. The van der Waals surface area contributed by atoms with Crippen molar-refractivity contribution in [1.82, 2.24) is 9.97 Å². The smallest absolute Gasteiger partial charge is 0.0471 e. The summed E-state index contributed by atoms with van der Waals surface area (Å²) in [4.78, 5) is 7.36. The van der Waals surface area contributed by atoms with Crippen LogP contribution in [0.25, 0.3) is 11.3 Å². The van der Waals surface area contributed by atoms with Gasteiger partial charge in [-0.25, -0.2) is 0 Å². The first-order valence-corrected chi connectivity index (χ1v) is 4.81. The molecule has 2 aromatic heterocycles. The van der Waals surface area contributed by atoms with Gasteiger partial charge in [-0.05, 0) is 41.1 Å². The first-order chi connectivity index (χ1) is 6.25. The van der Waals surface area contributed by atoms with Gasteiger partial charge in [-0.1, -0.05) is 0 Å². The molecule has 66 valence electrons. The molecule has 0 atom stereocenters. The van der Waals surface area contributed by atoms with Crippen molar-refractivity contribution in [3.8, 4) is 11.3 Å². The summed E-state index contributed by atoms with van der Waals surface area (Å²) >= 11 is 3.39. The van der Waals surface area contributed by atoms with Crippen molar-refractivity contribution in [3.63, 3.8) is 0 Å². The first-order valence-electron chi connectivity index (χ1n) is 4.02. The molecule has 0 fully saturated rings. The van der Waals surface area contributed by atoms with Crippen LogP contribution in [0.5, 0.6) is 0 Å². The Kier molecular flexibility index (Phi) is 2.19. The average Bonchev–Trinajstić information content (AvgIpc) is 2.52. The Labute approximate surface area is 85.1 Å². The number of nitrogens with zero attached hydrogens (tertiary/aromatic N) is 1. The number of aromatic amines is 1. The second-order valence-corrected chi connectivity index (χ2v) is 3.86. The van der Waals surface area contributed by atoms with Gasteiger partial charge in [0.1, 0.15) is 0 Å². The van der Waals surface area contributed by atoms with Crippen LogP contribution in [0.4, 0.5) is 0 Å². The van der Waals surface area contributed by atoms with Gasteiger partial charge < -0.3 is 4.98 Å². The molecule has 0 unspecified atom stereocenters. The molecule has 13 heavy (non-hydrogen) atoms. The van der Waals surface area contributed by atoms with E-state index in [-0.39, 0.29) is 0 Å². The summed E-state index contributed by atoms with van der Waals surface area (Å²) in [6.45, 7) is 2.04. The molecule has 0 aromatic carbocycles. The summed E-state index contributed by atoms with van der Waals surface area (Å²) in [6.07, 6.45) is 3.62. The normalized spacial score (nSPS) is 10.3. The van der Waals surface area contributed by atoms with Crippen molar-refractivity contribution in [1.29, 1.82) is 0 Å². The topological polar surface area (TPSA) is 28.7 Å². The summed E-state index contributed by atoms with van der Waals surface area (Å²) in [5.74, 6) is 0. The van der Waals surface area contributed by atoms with E-state index in [2.05, 4.69) is 38.0 Å². The molecule has 0 radical (unpaired) electrons. The van der Waals surface area contributed by atoms with Crippen molar-refractivity contribution in [3.05, 3.63) is 40.8 Å². The minimum atomic E-state index is 0.997. The third kappa shape index (κ3) is 1.80. The van der Waals surface area contributed by atoms with Crippen LogP contribution in [0.3, 0.4) is 0 Å². The number of pyridine rings is 1. The van der Waals surface area contributed by atoms with E-state index in [1.807, 2.05) is 19.2 Å². The quantitative estimate of drug-likeness (QED) is 0.810. The Morgan fingerprint density at radius 2 is 2.15 bits per heavy atom. The lowest BCUT2D eigenvalue weighted by molar-refractivity contribution is 1.24. The summed E-state index contributed by atoms with van der Waals surface area (Å²) in [5, 5.41) is 0. The van der Waals surface area contributed by atoms with Gasteiger partial charge in [0, 0.05) is 33.8 Å². The summed E-state index contributed by atoms with van der Waals surface area (Å²) in [5.41, 5.74) is 3.36. The van der Waals surface area contributed by atoms with Gasteiger partial charge in [0.2, 0.25) is 0 Å². The molecule has 0 aliphatic heterocycles. The van der Waals surface area contributed by atoms with E-state index < -0.39 is 0 Å². The lowest BCUT2D eigenvalue weighted by Crippen LogP contribution is -1.80. The summed E-state index contributed by atoms with van der Waals surface area (Å²) < 4.78 is 0.997. The highest BCUT2D eigenvalue weighted by Gasteiger charge is 1.99. The van der Waals surface area contributed by atoms with E-state index in [1.54, 1.807) is 6.20 Å². The van der Waals surface area contributed by atoms with Crippen LogP contribution in [-0.4, -0.2) is 9.97 Å². The molecule has 0 bridgehead atoms. The second-order valence-electron chi connectivity index (χ2n) is 2.95. The van der Waals surface area contributed by atoms with E-state index >= 15 is 0 Å². The number of H-pyrrole nitrogens is 1. The number of rotatable bonds is 1. The van der Waals surface area contributed by atoms with Crippen LogP contribution in [0.2, 0.25) is 0 Å². The van der Waals surface area contributed by atoms with E-state index in [0.29, 0.717) is 0 Å². The molecule has 2 rings (SSSR count). The zero-order valence-corrected chi connectivity index (χ0v) is 8.80. The maximum atomic E-state index is 4.10. The predicted molar refractivity (Wildman–Crippen MR) is 56.5 cm³/mol. The number of aromatic nitrogens is 2. The molecule has 0 amide bonds. The molecule has 0 aliphatic carbocycles. The Morgan fingerprint density at radius 3 is 2.77 bits per heavy atom. The van der Waals surface area contributed by atoms with Gasteiger partial charge in [0.15, 0.2) is 0 Å². The van der Waals surface area contributed by atoms with Crippen LogP contribution in [-0.2, 0) is 0 Å². The van der Waals surface area contributed by atoms with Gasteiger partial charge in [0.25, 0.3) is 0 Å². The van der Waals surface area contributed by atoms with Crippen LogP contribution in [0, 0.1) is 6.92 Å². The molecule has 0 saturated heterocycles. The monoisotopic (exact) mass is 236 g/mol. The summed E-state index contributed by atoms with van der Waals surface area (Å²) in [7, 11) is 0. The van der Waals surface area contributed by atoms with Crippen molar-refractivity contribution in [2.75, 3.05) is 0 Å². The fourth-order valence-electron chi connectivity index (χ4n) is 1.23. The summed E-state index contributed by atoms with van der Waals surface area (Å²) in [6, 6.07) is 6.15. The Balaban J connectivity index is 2.46. The lowest BCUT2D eigenvalue weighted by atomic mass is 10.2. The Bertz CT molecular complexity index is 420. The van der Waals surface area contributed by atoms with E-state index in [4.69, 9.17) is 0 Å². The molecule has 2 nitrogen and oxygen atoms in total. The average molecular weight is 237 g/mol. The number of aryl methyl sites for hydroxylation is 1. The van der Waals surface area contributed by atoms with Crippen LogP contribution in [0.1, 0.15) is 5.69 Å². The van der Waals surface area contributed by atoms with Gasteiger partial charge in [0.05, 0.1) is 0 Å². The molecule has 1 N–H and O–H groups in total. The molecular formula is C10H9BrN2. The maximum Gasteiger partial charge on any atom is 0.0471 e. The number of nitrogens with one attached hydrogen (secondary N) is 1. The zero-order chi connectivity index (χ0) is 9.26. The standard InChI is InChI=1S/C10H9BrN2/c1-7-2-3-10(13-7)8-4-9(11)6-12-5-8/h2-6,13H,1H3. The SMILES string of the molecule is Cc1ccc(-c2cncc(Br)c2)[nH]1. The van der Waals surface area contributed by atoms with Gasteiger partial charge in [-0.15, -0.1) is 0 Å². The van der Waals surface area contributed by atoms with Crippen LogP contribution < -0.4 is 0 Å². The van der Waals surface area contributed by atoms with Crippen LogP contribution >= 0.6 is 15.9 Å². The van der Waals surface area contributed by atoms with Gasteiger partial charge in [-0.3, -0.25) is 4.98 Å². The zero-order valence-electron chi connectivity index (χ0n) is 7.21. The molecule has 3 heteroatoms. The minimum absolute atomic E-state index is 0.997. The largest absolute Gasteiger partial charge is 0.359 e. The molecular weight excluding hydrogens is 228 g/mol. The minimum Gasteiger partial charge on any atom is -0.359 e. The highest BCUT2D eigenvalue weighted by Crippen LogP contribution is 2.20. The molecule has 2 heterocycles. The van der Waals surface area contributed by atoms with Gasteiger partial charge in [-0.2, -0.15) is 0 Å². The number of hydrogen-bond donors (Lipinski definition) is 1. The molecule has 2 aromatic rings. The van der Waals surface area contributed by atoms with Crippen molar-refractivity contribution >= 4 is 15.9 Å². The Morgan fingerprint density at radius 1 is 1.31 bits per heavy atom. The molecule has 0 saturated carbocycles. The second kappa shape index (κ2) is 3.34. The fraction of sp³-hybridized carbons (Fsp3) is 0.100. The van der Waals surface area contributed by atoms with E-state index in [9.17, 15) is 0 Å². The number of halogens is 1. The maximum absolute atomic E-state index is 4.10. The van der Waals surface area contributed by atoms with Crippen LogP contribution in [0.15, 0.2) is 35.1 Å². The van der Waals surface area contributed by atoms with E-state index in [1.165, 1.54) is 0 Å². The predicted octanol–water partition coefficient (Wildman–Crippen LogP) is 3.15. The van der Waals surface area contributed by atoms with Crippen molar-refractivity contribution < 1.29 is 0 Å². The van der Waals surface area contributed by atoms with Crippen molar-refractivity contribution in [2.45, 2.75) is 6.92 Å². The van der Waals surface area contributed by atoms with Gasteiger partial charge >= 0.3 is 0 Å². The lowest BCUT2D eigenvalue weighted by Gasteiger charge is -1.97. The molecule has 0 spiro atoms. The fourth-order valence-corrected chi connectivity index (χ4v) is 1.60. The molecule has 0 aliphatic rings. The van der Waals surface area contributed by atoms with E-state index in [0.717, 1.165) is 21.4 Å². The Hall–Kier alpha value is -1.09. The highest BCUT2D eigenvalue weighted by atomic mass is 79.9. The number of hydrogen-bond acceptors (Lipinski definition) is 1. The van der Waals surface area contributed by atoms with Crippen molar-refractivity contribution in [2.24, 2.45) is 0 Å². The third-order valence-electron chi connectivity index (χ3n) is 1.85. The first kappa shape index (κ1) is 8.51.